The Kier molecular flexibility index (Phi) is 3.69. The maximum absolute atomic E-state index is 11.7. The molecular formula is C15H21N3O3. The summed E-state index contributed by atoms with van der Waals surface area (Å²) in [6, 6.07) is 1.41. The Morgan fingerprint density at radius 1 is 1.38 bits per heavy atom. The van der Waals surface area contributed by atoms with Crippen molar-refractivity contribution in [3.05, 3.63) is 22.2 Å². The first-order valence-electron chi connectivity index (χ1n) is 7.68. The van der Waals surface area contributed by atoms with Crippen LogP contribution in [0.5, 0.6) is 0 Å². The van der Waals surface area contributed by atoms with E-state index in [9.17, 15) is 14.7 Å². The molecule has 0 amide bonds. The lowest BCUT2D eigenvalue weighted by Gasteiger charge is -2.33. The van der Waals surface area contributed by atoms with E-state index in [0.29, 0.717) is 31.1 Å². The average molecular weight is 291 g/mol. The molecule has 0 radical (unpaired) electrons. The highest BCUT2D eigenvalue weighted by Gasteiger charge is 2.39. The minimum absolute atomic E-state index is 0.178. The molecule has 0 aliphatic heterocycles. The number of aliphatic carboxylic acids is 1. The minimum Gasteiger partial charge on any atom is -0.481 e. The van der Waals surface area contributed by atoms with Crippen molar-refractivity contribution in [1.82, 2.24) is 9.97 Å². The molecule has 3 rings (SSSR count). The molecule has 114 valence electrons. The Hall–Kier alpha value is -1.85. The zero-order chi connectivity index (χ0) is 14.9. The van der Waals surface area contributed by atoms with Gasteiger partial charge in [-0.2, -0.15) is 0 Å². The topological polar surface area (TPSA) is 95.1 Å². The molecule has 6 heteroatoms. The van der Waals surface area contributed by atoms with Gasteiger partial charge < -0.3 is 15.4 Å². The molecule has 6 nitrogen and oxygen atoms in total. The second-order valence-electron chi connectivity index (χ2n) is 6.29. The first-order chi connectivity index (χ1) is 10.1. The number of H-pyrrole nitrogens is 1. The molecule has 2 fully saturated rings. The van der Waals surface area contributed by atoms with E-state index >= 15 is 0 Å². The van der Waals surface area contributed by atoms with Crippen LogP contribution in [0.1, 0.15) is 56.7 Å². The van der Waals surface area contributed by atoms with Crippen molar-refractivity contribution >= 4 is 11.8 Å². The van der Waals surface area contributed by atoms with Gasteiger partial charge in [0.25, 0.3) is 5.56 Å². The maximum atomic E-state index is 11.7. The normalized spacial score (nSPS) is 21.0. The number of carbonyl (C=O) groups is 1. The van der Waals surface area contributed by atoms with Crippen LogP contribution in [0.2, 0.25) is 0 Å². The van der Waals surface area contributed by atoms with Crippen LogP contribution in [-0.4, -0.2) is 27.6 Å². The molecule has 1 aromatic rings. The number of anilines is 1. The molecule has 1 aromatic heterocycles. The molecule has 0 saturated heterocycles. The third-order valence-electron chi connectivity index (χ3n) is 4.60. The van der Waals surface area contributed by atoms with Crippen molar-refractivity contribution in [1.29, 1.82) is 0 Å². The standard InChI is InChI=1S/C15H21N3O3/c19-12-8-11(17-13(18-12)10-4-5-10)16-9-15(14(20)21)6-2-1-3-7-15/h8,10H,1-7,9H2,(H,20,21)(H2,16,17,18,19). The Labute approximate surface area is 123 Å². The van der Waals surface area contributed by atoms with Gasteiger partial charge >= 0.3 is 5.97 Å². The van der Waals surface area contributed by atoms with Gasteiger partial charge in [0.15, 0.2) is 0 Å². The van der Waals surface area contributed by atoms with E-state index in [1.54, 1.807) is 0 Å². The number of rotatable bonds is 5. The molecule has 0 aromatic carbocycles. The van der Waals surface area contributed by atoms with Crippen LogP contribution < -0.4 is 10.9 Å². The lowest BCUT2D eigenvalue weighted by molar-refractivity contribution is -0.150. The summed E-state index contributed by atoms with van der Waals surface area (Å²) in [7, 11) is 0. The summed E-state index contributed by atoms with van der Waals surface area (Å²) in [6.45, 7) is 0.336. The smallest absolute Gasteiger partial charge is 0.311 e. The summed E-state index contributed by atoms with van der Waals surface area (Å²) in [5.74, 6) is 0.828. The fourth-order valence-corrected chi connectivity index (χ4v) is 3.07. The van der Waals surface area contributed by atoms with Crippen molar-refractivity contribution in [2.75, 3.05) is 11.9 Å². The highest BCUT2D eigenvalue weighted by Crippen LogP contribution is 2.38. The molecule has 2 saturated carbocycles. The summed E-state index contributed by atoms with van der Waals surface area (Å²) >= 11 is 0. The van der Waals surface area contributed by atoms with Gasteiger partial charge in [0, 0.05) is 18.5 Å². The average Bonchev–Trinajstić information content (AvgIpc) is 3.30. The van der Waals surface area contributed by atoms with Gasteiger partial charge in [-0.05, 0) is 25.7 Å². The molecule has 2 aliphatic rings. The Morgan fingerprint density at radius 3 is 2.71 bits per heavy atom. The number of aromatic nitrogens is 2. The highest BCUT2D eigenvalue weighted by atomic mass is 16.4. The zero-order valence-corrected chi connectivity index (χ0v) is 12.0. The highest BCUT2D eigenvalue weighted by molar-refractivity contribution is 5.75. The lowest BCUT2D eigenvalue weighted by Crippen LogP contribution is -2.40. The number of hydrogen-bond acceptors (Lipinski definition) is 4. The second kappa shape index (κ2) is 5.50. The fraction of sp³-hybridized carbons (Fsp3) is 0.667. The monoisotopic (exact) mass is 291 g/mol. The number of nitrogens with one attached hydrogen (secondary N) is 2. The van der Waals surface area contributed by atoms with Crippen LogP contribution in [0.3, 0.4) is 0 Å². The van der Waals surface area contributed by atoms with Crippen LogP contribution >= 0.6 is 0 Å². The van der Waals surface area contributed by atoms with Crippen LogP contribution in [-0.2, 0) is 4.79 Å². The van der Waals surface area contributed by atoms with E-state index in [4.69, 9.17) is 0 Å². The number of nitrogens with zero attached hydrogens (tertiary/aromatic N) is 1. The van der Waals surface area contributed by atoms with Gasteiger partial charge in [-0.25, -0.2) is 4.98 Å². The van der Waals surface area contributed by atoms with E-state index in [-0.39, 0.29) is 5.56 Å². The third-order valence-corrected chi connectivity index (χ3v) is 4.60. The van der Waals surface area contributed by atoms with Crippen LogP contribution in [0.15, 0.2) is 10.9 Å². The molecule has 0 unspecified atom stereocenters. The van der Waals surface area contributed by atoms with Gasteiger partial charge in [0.1, 0.15) is 11.6 Å². The Bertz CT molecular complexity index is 586. The number of carboxylic acids is 1. The van der Waals surface area contributed by atoms with Gasteiger partial charge in [-0.3, -0.25) is 9.59 Å². The molecule has 1 heterocycles. The van der Waals surface area contributed by atoms with Gasteiger partial charge in [0.2, 0.25) is 0 Å². The molecule has 0 spiro atoms. The summed E-state index contributed by atoms with van der Waals surface area (Å²) in [4.78, 5) is 30.4. The maximum Gasteiger partial charge on any atom is 0.311 e. The van der Waals surface area contributed by atoms with Crippen LogP contribution in [0.25, 0.3) is 0 Å². The quantitative estimate of drug-likeness (QED) is 0.772. The predicted molar refractivity (Wildman–Crippen MR) is 78.5 cm³/mol. The SMILES string of the molecule is O=C(O)C1(CNc2cc(=O)[nH]c(C3CC3)n2)CCCCC1. The van der Waals surface area contributed by atoms with Crippen LogP contribution in [0, 0.1) is 5.41 Å². The van der Waals surface area contributed by atoms with Gasteiger partial charge in [-0.1, -0.05) is 19.3 Å². The first kappa shape index (κ1) is 14.1. The van der Waals surface area contributed by atoms with E-state index in [1.165, 1.54) is 6.07 Å². The molecule has 2 aliphatic carbocycles. The van der Waals surface area contributed by atoms with Crippen LogP contribution in [0.4, 0.5) is 5.82 Å². The second-order valence-corrected chi connectivity index (χ2v) is 6.29. The van der Waals surface area contributed by atoms with E-state index in [1.807, 2.05) is 0 Å². The van der Waals surface area contributed by atoms with Gasteiger partial charge in [0.05, 0.1) is 5.41 Å². The third kappa shape index (κ3) is 3.09. The number of hydrogen-bond donors (Lipinski definition) is 3. The molecule has 0 bridgehead atoms. The van der Waals surface area contributed by atoms with Crippen molar-refractivity contribution in [3.63, 3.8) is 0 Å². The largest absolute Gasteiger partial charge is 0.481 e. The van der Waals surface area contributed by atoms with E-state index in [2.05, 4.69) is 15.3 Å². The Balaban J connectivity index is 1.73. The minimum atomic E-state index is -0.748. The first-order valence-corrected chi connectivity index (χ1v) is 7.68. The lowest BCUT2D eigenvalue weighted by atomic mass is 9.74. The Morgan fingerprint density at radius 2 is 2.10 bits per heavy atom. The summed E-state index contributed by atoms with van der Waals surface area (Å²) in [5, 5.41) is 12.6. The predicted octanol–water partition coefficient (Wildman–Crippen LogP) is 2.09. The molecular weight excluding hydrogens is 270 g/mol. The fourth-order valence-electron chi connectivity index (χ4n) is 3.07. The molecule has 0 atom stereocenters. The number of aromatic amines is 1. The van der Waals surface area contributed by atoms with Crippen molar-refractivity contribution in [3.8, 4) is 0 Å². The zero-order valence-electron chi connectivity index (χ0n) is 12.0. The van der Waals surface area contributed by atoms with Crippen molar-refractivity contribution in [2.45, 2.75) is 50.9 Å². The van der Waals surface area contributed by atoms with Crippen molar-refractivity contribution < 1.29 is 9.90 Å². The molecule has 21 heavy (non-hydrogen) atoms. The summed E-state index contributed by atoms with van der Waals surface area (Å²) < 4.78 is 0. The van der Waals surface area contributed by atoms with Gasteiger partial charge in [-0.15, -0.1) is 0 Å². The van der Waals surface area contributed by atoms with Crippen molar-refractivity contribution in [2.24, 2.45) is 5.41 Å². The number of carboxylic acid groups (broad SMARTS) is 1. The van der Waals surface area contributed by atoms with E-state index in [0.717, 1.165) is 37.9 Å². The summed E-state index contributed by atoms with van der Waals surface area (Å²) in [6.07, 6.45) is 6.50. The molecule has 3 N–H and O–H groups in total. The van der Waals surface area contributed by atoms with E-state index < -0.39 is 11.4 Å². The summed E-state index contributed by atoms with van der Waals surface area (Å²) in [5.41, 5.74) is -0.898.